The molecular formula is C12H19NO. The van der Waals surface area contributed by atoms with Gasteiger partial charge in [-0.25, -0.2) is 0 Å². The van der Waals surface area contributed by atoms with Crippen molar-refractivity contribution >= 4 is 0 Å². The second-order valence-corrected chi connectivity index (χ2v) is 4.75. The Balaban J connectivity index is 2.48. The molecule has 1 atom stereocenters. The Morgan fingerprint density at radius 1 is 1.57 bits per heavy atom. The SMILES string of the molecule is CC(C)(C)C#CCC1=CC(O)CNC1. The summed E-state index contributed by atoms with van der Waals surface area (Å²) in [4.78, 5) is 0. The third kappa shape index (κ3) is 4.45. The highest BCUT2D eigenvalue weighted by Crippen LogP contribution is 2.11. The van der Waals surface area contributed by atoms with Crippen molar-refractivity contribution in [3.05, 3.63) is 11.6 Å². The van der Waals surface area contributed by atoms with Crippen LogP contribution in [0.15, 0.2) is 11.6 Å². The number of aliphatic hydroxyl groups is 1. The van der Waals surface area contributed by atoms with Crippen LogP contribution in [0.3, 0.4) is 0 Å². The fourth-order valence-electron chi connectivity index (χ4n) is 1.31. The lowest BCUT2D eigenvalue weighted by molar-refractivity contribution is 0.213. The summed E-state index contributed by atoms with van der Waals surface area (Å²) in [5.74, 6) is 6.33. The second-order valence-electron chi connectivity index (χ2n) is 4.75. The van der Waals surface area contributed by atoms with Crippen LogP contribution in [-0.2, 0) is 0 Å². The molecule has 0 saturated carbocycles. The normalized spacial score (nSPS) is 22.3. The number of hydrogen-bond donors (Lipinski definition) is 2. The fraction of sp³-hybridized carbons (Fsp3) is 0.667. The van der Waals surface area contributed by atoms with E-state index in [-0.39, 0.29) is 11.5 Å². The van der Waals surface area contributed by atoms with Crippen molar-refractivity contribution in [1.29, 1.82) is 0 Å². The highest BCUT2D eigenvalue weighted by atomic mass is 16.3. The average molecular weight is 193 g/mol. The summed E-state index contributed by atoms with van der Waals surface area (Å²) in [7, 11) is 0. The van der Waals surface area contributed by atoms with E-state index in [2.05, 4.69) is 37.9 Å². The topological polar surface area (TPSA) is 32.3 Å². The van der Waals surface area contributed by atoms with E-state index in [1.54, 1.807) is 0 Å². The molecule has 0 spiro atoms. The van der Waals surface area contributed by atoms with E-state index in [1.165, 1.54) is 5.57 Å². The van der Waals surface area contributed by atoms with Crippen LogP contribution in [0, 0.1) is 17.3 Å². The van der Waals surface area contributed by atoms with Gasteiger partial charge in [0.15, 0.2) is 0 Å². The molecule has 0 aromatic rings. The molecule has 0 aromatic carbocycles. The lowest BCUT2D eigenvalue weighted by atomic mass is 9.97. The molecule has 1 heterocycles. The molecule has 78 valence electrons. The number of hydrogen-bond acceptors (Lipinski definition) is 2. The summed E-state index contributed by atoms with van der Waals surface area (Å²) in [6.45, 7) is 7.82. The van der Waals surface area contributed by atoms with Crippen molar-refractivity contribution in [3.63, 3.8) is 0 Å². The molecule has 0 fully saturated rings. The van der Waals surface area contributed by atoms with Crippen LogP contribution in [0.5, 0.6) is 0 Å². The first-order valence-corrected chi connectivity index (χ1v) is 5.06. The van der Waals surface area contributed by atoms with E-state index >= 15 is 0 Å². The van der Waals surface area contributed by atoms with E-state index in [0.29, 0.717) is 6.54 Å². The first-order chi connectivity index (χ1) is 6.47. The molecule has 14 heavy (non-hydrogen) atoms. The zero-order valence-electron chi connectivity index (χ0n) is 9.22. The predicted octanol–water partition coefficient (Wildman–Crippen LogP) is 1.32. The Kier molecular flexibility index (Phi) is 3.74. The van der Waals surface area contributed by atoms with Gasteiger partial charge in [0, 0.05) is 24.9 Å². The van der Waals surface area contributed by atoms with Gasteiger partial charge in [-0.2, -0.15) is 0 Å². The Hall–Kier alpha value is -0.780. The molecule has 0 aromatic heterocycles. The minimum absolute atomic E-state index is 0.0707. The van der Waals surface area contributed by atoms with Crippen molar-refractivity contribution in [3.8, 4) is 11.8 Å². The molecule has 2 N–H and O–H groups in total. The molecule has 1 rings (SSSR count). The first-order valence-electron chi connectivity index (χ1n) is 5.06. The predicted molar refractivity (Wildman–Crippen MR) is 58.8 cm³/mol. The minimum Gasteiger partial charge on any atom is -0.388 e. The van der Waals surface area contributed by atoms with Crippen molar-refractivity contribution in [1.82, 2.24) is 5.32 Å². The maximum atomic E-state index is 9.35. The molecular weight excluding hydrogens is 174 g/mol. The quantitative estimate of drug-likeness (QED) is 0.486. The van der Waals surface area contributed by atoms with Gasteiger partial charge in [-0.1, -0.05) is 17.9 Å². The van der Waals surface area contributed by atoms with Gasteiger partial charge in [0.2, 0.25) is 0 Å². The highest BCUT2D eigenvalue weighted by Gasteiger charge is 2.09. The van der Waals surface area contributed by atoms with Gasteiger partial charge in [-0.05, 0) is 26.3 Å². The zero-order valence-corrected chi connectivity index (χ0v) is 9.22. The van der Waals surface area contributed by atoms with Crippen molar-refractivity contribution in [2.45, 2.75) is 33.3 Å². The molecule has 2 nitrogen and oxygen atoms in total. The number of β-amino-alcohol motifs (C(OH)–C–C–N with tert-alkyl or cyclic N) is 1. The van der Waals surface area contributed by atoms with E-state index in [1.807, 2.05) is 6.08 Å². The molecule has 1 aliphatic rings. The summed E-state index contributed by atoms with van der Waals surface area (Å²) < 4.78 is 0. The Morgan fingerprint density at radius 3 is 2.86 bits per heavy atom. The van der Waals surface area contributed by atoms with Crippen LogP contribution >= 0.6 is 0 Å². The Morgan fingerprint density at radius 2 is 2.29 bits per heavy atom. The summed E-state index contributed by atoms with van der Waals surface area (Å²) in [5, 5.41) is 12.5. The molecule has 0 saturated heterocycles. The van der Waals surface area contributed by atoms with Crippen LogP contribution in [0.4, 0.5) is 0 Å². The van der Waals surface area contributed by atoms with Gasteiger partial charge in [0.25, 0.3) is 0 Å². The maximum Gasteiger partial charge on any atom is 0.0848 e. The monoisotopic (exact) mass is 193 g/mol. The number of rotatable bonds is 1. The van der Waals surface area contributed by atoms with Gasteiger partial charge in [0.1, 0.15) is 0 Å². The van der Waals surface area contributed by atoms with Crippen LogP contribution in [0.2, 0.25) is 0 Å². The van der Waals surface area contributed by atoms with E-state index < -0.39 is 0 Å². The van der Waals surface area contributed by atoms with E-state index in [9.17, 15) is 5.11 Å². The van der Waals surface area contributed by atoms with Crippen molar-refractivity contribution in [2.75, 3.05) is 13.1 Å². The summed E-state index contributed by atoms with van der Waals surface area (Å²) in [5.41, 5.74) is 1.27. The molecule has 0 amide bonds. The van der Waals surface area contributed by atoms with Gasteiger partial charge in [-0.15, -0.1) is 0 Å². The van der Waals surface area contributed by atoms with Gasteiger partial charge >= 0.3 is 0 Å². The summed E-state index contributed by atoms with van der Waals surface area (Å²) >= 11 is 0. The van der Waals surface area contributed by atoms with Gasteiger partial charge < -0.3 is 10.4 Å². The fourth-order valence-corrected chi connectivity index (χ4v) is 1.31. The van der Waals surface area contributed by atoms with Gasteiger partial charge in [-0.3, -0.25) is 0 Å². The molecule has 0 bridgehead atoms. The largest absolute Gasteiger partial charge is 0.388 e. The second kappa shape index (κ2) is 4.63. The highest BCUT2D eigenvalue weighted by molar-refractivity contribution is 5.20. The van der Waals surface area contributed by atoms with E-state index in [0.717, 1.165) is 13.0 Å². The van der Waals surface area contributed by atoms with Crippen molar-refractivity contribution in [2.24, 2.45) is 5.41 Å². The first kappa shape index (κ1) is 11.3. The Bertz CT molecular complexity index is 275. The smallest absolute Gasteiger partial charge is 0.0848 e. The molecule has 1 aliphatic heterocycles. The third-order valence-electron chi connectivity index (χ3n) is 1.91. The van der Waals surface area contributed by atoms with Crippen LogP contribution < -0.4 is 5.32 Å². The molecule has 0 radical (unpaired) electrons. The minimum atomic E-state index is -0.338. The molecule has 1 unspecified atom stereocenters. The third-order valence-corrected chi connectivity index (χ3v) is 1.91. The van der Waals surface area contributed by atoms with Crippen molar-refractivity contribution < 1.29 is 5.11 Å². The standard InChI is InChI=1S/C12H19NO/c1-12(2,3)6-4-5-10-7-11(14)9-13-8-10/h7,11,13-14H,5,8-9H2,1-3H3. The summed E-state index contributed by atoms with van der Waals surface area (Å²) in [6, 6.07) is 0. The molecule has 0 aliphatic carbocycles. The molecule has 2 heteroatoms. The van der Waals surface area contributed by atoms with Gasteiger partial charge in [0.05, 0.1) is 6.10 Å². The zero-order chi connectivity index (χ0) is 10.6. The van der Waals surface area contributed by atoms with E-state index in [4.69, 9.17) is 0 Å². The average Bonchev–Trinajstić information content (AvgIpc) is 2.01. The summed E-state index contributed by atoms with van der Waals surface area (Å²) in [6.07, 6.45) is 2.34. The lowest BCUT2D eigenvalue weighted by Crippen LogP contribution is -2.32. The number of aliphatic hydroxyl groups excluding tert-OH is 1. The lowest BCUT2D eigenvalue weighted by Gasteiger charge is -2.17. The van der Waals surface area contributed by atoms with Crippen LogP contribution in [0.1, 0.15) is 27.2 Å². The maximum absolute atomic E-state index is 9.35. The number of nitrogens with one attached hydrogen (secondary N) is 1. The Labute approximate surface area is 86.4 Å². The van der Waals surface area contributed by atoms with Crippen LogP contribution in [0.25, 0.3) is 0 Å². The van der Waals surface area contributed by atoms with Crippen LogP contribution in [-0.4, -0.2) is 24.3 Å².